The SMILES string of the molecule is CC(=O)OC(C)OCCOc1ccc(C2CCCCC2)cc1. The van der Waals surface area contributed by atoms with Gasteiger partial charge in [-0.1, -0.05) is 31.4 Å². The molecule has 0 heterocycles. The van der Waals surface area contributed by atoms with Crippen LogP contribution in [0.5, 0.6) is 5.75 Å². The molecule has 2 rings (SSSR count). The van der Waals surface area contributed by atoms with Crippen LogP contribution in [0, 0.1) is 0 Å². The van der Waals surface area contributed by atoms with E-state index in [1.807, 2.05) is 12.1 Å². The summed E-state index contributed by atoms with van der Waals surface area (Å²) < 4.78 is 15.8. The van der Waals surface area contributed by atoms with Gasteiger partial charge in [0, 0.05) is 6.92 Å². The van der Waals surface area contributed by atoms with Crippen molar-refractivity contribution in [1.82, 2.24) is 0 Å². The lowest BCUT2D eigenvalue weighted by Crippen LogP contribution is -2.19. The van der Waals surface area contributed by atoms with Gasteiger partial charge in [0.05, 0.1) is 6.61 Å². The number of benzene rings is 1. The Morgan fingerprint density at radius 1 is 1.14 bits per heavy atom. The molecule has 1 aromatic carbocycles. The number of rotatable bonds is 7. The first kappa shape index (κ1) is 16.8. The van der Waals surface area contributed by atoms with Gasteiger partial charge in [0.1, 0.15) is 12.4 Å². The molecule has 1 unspecified atom stereocenters. The molecule has 0 spiro atoms. The molecule has 1 saturated carbocycles. The van der Waals surface area contributed by atoms with Gasteiger partial charge in [-0.15, -0.1) is 0 Å². The molecule has 0 aromatic heterocycles. The highest BCUT2D eigenvalue weighted by atomic mass is 16.7. The highest BCUT2D eigenvalue weighted by Crippen LogP contribution is 2.33. The van der Waals surface area contributed by atoms with Crippen molar-refractivity contribution in [1.29, 1.82) is 0 Å². The van der Waals surface area contributed by atoms with Gasteiger partial charge in [0.25, 0.3) is 0 Å². The van der Waals surface area contributed by atoms with Crippen molar-refractivity contribution in [3.8, 4) is 5.75 Å². The highest BCUT2D eigenvalue weighted by molar-refractivity contribution is 5.65. The van der Waals surface area contributed by atoms with E-state index in [1.54, 1.807) is 6.92 Å². The van der Waals surface area contributed by atoms with Gasteiger partial charge in [-0.3, -0.25) is 4.79 Å². The molecule has 1 fully saturated rings. The van der Waals surface area contributed by atoms with E-state index < -0.39 is 6.29 Å². The maximum atomic E-state index is 10.7. The summed E-state index contributed by atoms with van der Waals surface area (Å²) in [7, 11) is 0. The van der Waals surface area contributed by atoms with Crippen molar-refractivity contribution >= 4 is 5.97 Å². The molecule has 0 amide bonds. The second kappa shape index (κ2) is 8.79. The van der Waals surface area contributed by atoms with Crippen molar-refractivity contribution in [3.05, 3.63) is 29.8 Å². The first-order chi connectivity index (χ1) is 10.6. The normalized spacial score (nSPS) is 17.0. The zero-order valence-electron chi connectivity index (χ0n) is 13.5. The third-order valence-electron chi connectivity index (χ3n) is 3.99. The third kappa shape index (κ3) is 5.68. The monoisotopic (exact) mass is 306 g/mol. The van der Waals surface area contributed by atoms with E-state index >= 15 is 0 Å². The molecule has 4 heteroatoms. The van der Waals surface area contributed by atoms with Gasteiger partial charge >= 0.3 is 5.97 Å². The van der Waals surface area contributed by atoms with Crippen LogP contribution in [0.2, 0.25) is 0 Å². The lowest BCUT2D eigenvalue weighted by Gasteiger charge is -2.22. The topological polar surface area (TPSA) is 44.8 Å². The Morgan fingerprint density at radius 3 is 2.45 bits per heavy atom. The number of carbonyl (C=O) groups is 1. The number of esters is 1. The molecule has 1 aliphatic carbocycles. The predicted molar refractivity (Wildman–Crippen MR) is 84.9 cm³/mol. The highest BCUT2D eigenvalue weighted by Gasteiger charge is 2.15. The van der Waals surface area contributed by atoms with Crippen LogP contribution in [-0.4, -0.2) is 25.5 Å². The lowest BCUT2D eigenvalue weighted by molar-refractivity contribution is -0.173. The first-order valence-corrected chi connectivity index (χ1v) is 8.17. The zero-order chi connectivity index (χ0) is 15.8. The standard InChI is InChI=1S/C18H26O4/c1-14(19)22-15(2)20-12-13-21-18-10-8-17(9-11-18)16-6-4-3-5-7-16/h8-11,15-16H,3-7,12-13H2,1-2H3. The van der Waals surface area contributed by atoms with Gasteiger partial charge in [0.15, 0.2) is 6.29 Å². The summed E-state index contributed by atoms with van der Waals surface area (Å²) in [6, 6.07) is 8.40. The van der Waals surface area contributed by atoms with Crippen LogP contribution in [0.4, 0.5) is 0 Å². The Balaban J connectivity index is 1.69. The molecule has 4 nitrogen and oxygen atoms in total. The second-order valence-electron chi connectivity index (χ2n) is 5.80. The number of hydrogen-bond acceptors (Lipinski definition) is 4. The lowest BCUT2D eigenvalue weighted by atomic mass is 9.84. The fourth-order valence-electron chi connectivity index (χ4n) is 2.91. The average Bonchev–Trinajstić information content (AvgIpc) is 2.52. The summed E-state index contributed by atoms with van der Waals surface area (Å²) in [5, 5.41) is 0. The molecule has 1 aromatic rings. The first-order valence-electron chi connectivity index (χ1n) is 8.17. The molecule has 0 aliphatic heterocycles. The van der Waals surface area contributed by atoms with E-state index in [9.17, 15) is 4.79 Å². The van der Waals surface area contributed by atoms with Crippen molar-refractivity contribution in [2.75, 3.05) is 13.2 Å². The average molecular weight is 306 g/mol. The summed E-state index contributed by atoms with van der Waals surface area (Å²) in [6.07, 6.45) is 6.16. The van der Waals surface area contributed by atoms with Crippen LogP contribution >= 0.6 is 0 Å². The molecule has 22 heavy (non-hydrogen) atoms. The summed E-state index contributed by atoms with van der Waals surface area (Å²) >= 11 is 0. The summed E-state index contributed by atoms with van der Waals surface area (Å²) in [6.45, 7) is 3.89. The fourth-order valence-corrected chi connectivity index (χ4v) is 2.91. The van der Waals surface area contributed by atoms with Crippen LogP contribution in [0.25, 0.3) is 0 Å². The molecule has 1 aliphatic rings. The van der Waals surface area contributed by atoms with Gasteiger partial charge in [0.2, 0.25) is 0 Å². The number of carbonyl (C=O) groups excluding carboxylic acids is 1. The van der Waals surface area contributed by atoms with Crippen LogP contribution in [0.15, 0.2) is 24.3 Å². The van der Waals surface area contributed by atoms with E-state index in [4.69, 9.17) is 14.2 Å². The maximum Gasteiger partial charge on any atom is 0.304 e. The summed E-state index contributed by atoms with van der Waals surface area (Å²) in [5.74, 6) is 1.23. The minimum absolute atomic E-state index is 0.341. The van der Waals surface area contributed by atoms with Crippen LogP contribution < -0.4 is 4.74 Å². The van der Waals surface area contributed by atoms with Crippen LogP contribution in [0.1, 0.15) is 57.4 Å². The van der Waals surface area contributed by atoms with Gasteiger partial charge < -0.3 is 14.2 Å². The van der Waals surface area contributed by atoms with Crippen molar-refractivity contribution in [3.63, 3.8) is 0 Å². The number of hydrogen-bond donors (Lipinski definition) is 0. The van der Waals surface area contributed by atoms with E-state index in [0.717, 1.165) is 11.7 Å². The Morgan fingerprint density at radius 2 is 1.82 bits per heavy atom. The van der Waals surface area contributed by atoms with E-state index in [1.165, 1.54) is 44.6 Å². The quantitative estimate of drug-likeness (QED) is 0.433. The Labute approximate surface area is 132 Å². The van der Waals surface area contributed by atoms with Gasteiger partial charge in [-0.25, -0.2) is 0 Å². The minimum atomic E-state index is -0.533. The third-order valence-corrected chi connectivity index (χ3v) is 3.99. The van der Waals surface area contributed by atoms with E-state index in [-0.39, 0.29) is 5.97 Å². The molecular weight excluding hydrogens is 280 g/mol. The Kier molecular flexibility index (Phi) is 6.72. The predicted octanol–water partition coefficient (Wildman–Crippen LogP) is 4.04. The molecule has 122 valence electrons. The molecule has 0 N–H and O–H groups in total. The molecule has 0 bridgehead atoms. The maximum absolute atomic E-state index is 10.7. The van der Waals surface area contributed by atoms with Gasteiger partial charge in [-0.2, -0.15) is 0 Å². The molecule has 0 saturated heterocycles. The Hall–Kier alpha value is -1.55. The zero-order valence-corrected chi connectivity index (χ0v) is 13.5. The summed E-state index contributed by atoms with van der Waals surface area (Å²) in [5.41, 5.74) is 1.42. The largest absolute Gasteiger partial charge is 0.491 e. The smallest absolute Gasteiger partial charge is 0.304 e. The molecular formula is C18H26O4. The number of ether oxygens (including phenoxy) is 3. The van der Waals surface area contributed by atoms with Crippen molar-refractivity contribution < 1.29 is 19.0 Å². The van der Waals surface area contributed by atoms with E-state index in [0.29, 0.717) is 13.2 Å². The van der Waals surface area contributed by atoms with Crippen LogP contribution in [-0.2, 0) is 14.3 Å². The summed E-state index contributed by atoms with van der Waals surface area (Å²) in [4.78, 5) is 10.7. The van der Waals surface area contributed by atoms with Crippen molar-refractivity contribution in [2.45, 2.75) is 58.2 Å². The van der Waals surface area contributed by atoms with Gasteiger partial charge in [-0.05, 0) is 43.4 Å². The minimum Gasteiger partial charge on any atom is -0.491 e. The molecule has 1 atom stereocenters. The van der Waals surface area contributed by atoms with Crippen molar-refractivity contribution in [2.24, 2.45) is 0 Å². The second-order valence-corrected chi connectivity index (χ2v) is 5.80. The van der Waals surface area contributed by atoms with Crippen LogP contribution in [0.3, 0.4) is 0 Å². The fraction of sp³-hybridized carbons (Fsp3) is 0.611. The van der Waals surface area contributed by atoms with E-state index in [2.05, 4.69) is 12.1 Å². The Bertz CT molecular complexity index is 449. The molecule has 0 radical (unpaired) electrons.